The van der Waals surface area contributed by atoms with Gasteiger partial charge in [-0.1, -0.05) is 13.8 Å². The van der Waals surface area contributed by atoms with E-state index in [1.807, 2.05) is 19.9 Å². The van der Waals surface area contributed by atoms with Gasteiger partial charge in [0.2, 0.25) is 0 Å². The average molecular weight is 296 g/mol. The first-order valence-electron chi connectivity index (χ1n) is 5.24. The van der Waals surface area contributed by atoms with Crippen molar-refractivity contribution in [3.8, 4) is 11.3 Å². The summed E-state index contributed by atoms with van der Waals surface area (Å²) in [6.45, 7) is 4.04. The lowest BCUT2D eigenvalue weighted by Gasteiger charge is -2.04. The van der Waals surface area contributed by atoms with Crippen LogP contribution in [-0.4, -0.2) is 14.6 Å². The van der Waals surface area contributed by atoms with Crippen molar-refractivity contribution in [2.75, 3.05) is 11.6 Å². The molecule has 0 spiro atoms. The predicted molar refractivity (Wildman–Crippen MR) is 71.8 cm³/mol. The zero-order valence-corrected chi connectivity index (χ0v) is 11.3. The Bertz CT molecular complexity index is 547. The van der Waals surface area contributed by atoms with Crippen molar-refractivity contribution < 1.29 is 0 Å². The molecule has 2 rings (SSSR count). The standard InChI is InChI=1S/C11H14BrN5/c1-6(2)11-16-9(10(13)17(11)14)7-3-8(12)5-15-4-7/h3-6H,13-14H2,1-2H3. The van der Waals surface area contributed by atoms with E-state index < -0.39 is 0 Å². The Morgan fingerprint density at radius 2 is 2.06 bits per heavy atom. The molecule has 0 saturated heterocycles. The van der Waals surface area contributed by atoms with Crippen LogP contribution in [0.2, 0.25) is 0 Å². The first kappa shape index (κ1) is 11.9. The number of nitrogens with zero attached hydrogens (tertiary/aromatic N) is 3. The summed E-state index contributed by atoms with van der Waals surface area (Å²) in [6.07, 6.45) is 3.43. The molecule has 0 atom stereocenters. The average Bonchev–Trinajstić information content (AvgIpc) is 2.56. The Kier molecular flexibility index (Phi) is 3.06. The number of nitrogen functional groups attached to an aromatic ring is 2. The van der Waals surface area contributed by atoms with E-state index in [0.29, 0.717) is 11.5 Å². The van der Waals surface area contributed by atoms with Gasteiger partial charge in [0.05, 0.1) is 0 Å². The fourth-order valence-electron chi connectivity index (χ4n) is 1.62. The molecule has 17 heavy (non-hydrogen) atoms. The van der Waals surface area contributed by atoms with Gasteiger partial charge in [0.15, 0.2) is 5.82 Å². The van der Waals surface area contributed by atoms with Gasteiger partial charge in [0.1, 0.15) is 11.5 Å². The van der Waals surface area contributed by atoms with Gasteiger partial charge in [-0.15, -0.1) is 0 Å². The quantitative estimate of drug-likeness (QED) is 0.832. The normalized spacial score (nSPS) is 11.1. The number of hydrogen-bond acceptors (Lipinski definition) is 4. The Morgan fingerprint density at radius 3 is 2.59 bits per heavy atom. The third-order valence-corrected chi connectivity index (χ3v) is 2.90. The molecule has 5 nitrogen and oxygen atoms in total. The molecular weight excluding hydrogens is 282 g/mol. The lowest BCUT2D eigenvalue weighted by atomic mass is 10.2. The maximum absolute atomic E-state index is 5.96. The fourth-order valence-corrected chi connectivity index (χ4v) is 1.99. The van der Waals surface area contributed by atoms with Crippen LogP contribution in [-0.2, 0) is 0 Å². The predicted octanol–water partition coefficient (Wildman–Crippen LogP) is 2.13. The van der Waals surface area contributed by atoms with Gasteiger partial charge in [-0.25, -0.2) is 9.66 Å². The number of hydrogen-bond donors (Lipinski definition) is 2. The first-order valence-corrected chi connectivity index (χ1v) is 6.04. The molecule has 0 aliphatic heterocycles. The number of anilines is 1. The Balaban J connectivity index is 2.57. The Labute approximate surface area is 108 Å². The maximum Gasteiger partial charge on any atom is 0.150 e. The third kappa shape index (κ3) is 2.12. The molecule has 90 valence electrons. The molecule has 0 unspecified atom stereocenters. The SMILES string of the molecule is CC(C)c1nc(-c2cncc(Br)c2)c(N)n1N. The van der Waals surface area contributed by atoms with Gasteiger partial charge in [-0.05, 0) is 22.0 Å². The summed E-state index contributed by atoms with van der Waals surface area (Å²) in [4.78, 5) is 8.57. The van der Waals surface area contributed by atoms with Gasteiger partial charge in [0, 0.05) is 28.3 Å². The van der Waals surface area contributed by atoms with E-state index in [1.54, 1.807) is 12.4 Å². The van der Waals surface area contributed by atoms with E-state index in [4.69, 9.17) is 11.6 Å². The first-order chi connectivity index (χ1) is 8.00. The topological polar surface area (TPSA) is 82.8 Å². The molecule has 0 aromatic carbocycles. The minimum Gasteiger partial charge on any atom is -0.382 e. The second-order valence-corrected chi connectivity index (χ2v) is 5.04. The molecule has 0 radical (unpaired) electrons. The highest BCUT2D eigenvalue weighted by molar-refractivity contribution is 9.10. The summed E-state index contributed by atoms with van der Waals surface area (Å²) in [5.74, 6) is 7.31. The van der Waals surface area contributed by atoms with Gasteiger partial charge in [-0.2, -0.15) is 0 Å². The largest absolute Gasteiger partial charge is 0.382 e. The van der Waals surface area contributed by atoms with Crippen molar-refractivity contribution in [2.45, 2.75) is 19.8 Å². The highest BCUT2D eigenvalue weighted by Gasteiger charge is 2.16. The molecular formula is C11H14BrN5. The number of pyridine rings is 1. The minimum absolute atomic E-state index is 0.219. The highest BCUT2D eigenvalue weighted by atomic mass is 79.9. The molecule has 0 fully saturated rings. The lowest BCUT2D eigenvalue weighted by molar-refractivity contribution is 0.739. The molecule has 0 amide bonds. The summed E-state index contributed by atoms with van der Waals surface area (Å²) in [7, 11) is 0. The van der Waals surface area contributed by atoms with Crippen LogP contribution >= 0.6 is 15.9 Å². The molecule has 2 heterocycles. The van der Waals surface area contributed by atoms with Crippen LogP contribution < -0.4 is 11.6 Å². The van der Waals surface area contributed by atoms with Crippen LogP contribution in [0, 0.1) is 0 Å². The van der Waals surface area contributed by atoms with Crippen molar-refractivity contribution in [1.29, 1.82) is 0 Å². The fraction of sp³-hybridized carbons (Fsp3) is 0.273. The van der Waals surface area contributed by atoms with Crippen molar-refractivity contribution in [3.63, 3.8) is 0 Å². The van der Waals surface area contributed by atoms with Crippen LogP contribution in [0.15, 0.2) is 22.9 Å². The Morgan fingerprint density at radius 1 is 1.35 bits per heavy atom. The van der Waals surface area contributed by atoms with Crippen molar-refractivity contribution >= 4 is 21.7 Å². The smallest absolute Gasteiger partial charge is 0.150 e. The van der Waals surface area contributed by atoms with E-state index in [-0.39, 0.29) is 5.92 Å². The van der Waals surface area contributed by atoms with Crippen molar-refractivity contribution in [3.05, 3.63) is 28.8 Å². The third-order valence-electron chi connectivity index (χ3n) is 2.47. The number of rotatable bonds is 2. The van der Waals surface area contributed by atoms with Crippen LogP contribution in [0.4, 0.5) is 5.82 Å². The van der Waals surface area contributed by atoms with Gasteiger partial charge in [0.25, 0.3) is 0 Å². The molecule has 4 N–H and O–H groups in total. The van der Waals surface area contributed by atoms with Crippen LogP contribution in [0.5, 0.6) is 0 Å². The summed E-state index contributed by atoms with van der Waals surface area (Å²) in [5.41, 5.74) is 7.48. The van der Waals surface area contributed by atoms with E-state index >= 15 is 0 Å². The second kappa shape index (κ2) is 4.37. The summed E-state index contributed by atoms with van der Waals surface area (Å²) >= 11 is 3.37. The number of imidazole rings is 1. The zero-order chi connectivity index (χ0) is 12.6. The molecule has 2 aromatic rings. The number of aromatic nitrogens is 3. The summed E-state index contributed by atoms with van der Waals surface area (Å²) in [6, 6.07) is 1.91. The van der Waals surface area contributed by atoms with E-state index in [2.05, 4.69) is 25.9 Å². The molecule has 0 bridgehead atoms. The van der Waals surface area contributed by atoms with Crippen molar-refractivity contribution in [1.82, 2.24) is 14.6 Å². The van der Waals surface area contributed by atoms with Crippen LogP contribution in [0.25, 0.3) is 11.3 Å². The lowest BCUT2D eigenvalue weighted by Crippen LogP contribution is -2.16. The zero-order valence-electron chi connectivity index (χ0n) is 9.68. The van der Waals surface area contributed by atoms with Gasteiger partial charge in [-0.3, -0.25) is 4.98 Å². The van der Waals surface area contributed by atoms with Crippen LogP contribution in [0.3, 0.4) is 0 Å². The number of halogens is 1. The van der Waals surface area contributed by atoms with E-state index in [1.165, 1.54) is 4.68 Å². The summed E-state index contributed by atoms with van der Waals surface area (Å²) < 4.78 is 2.31. The minimum atomic E-state index is 0.219. The summed E-state index contributed by atoms with van der Waals surface area (Å²) in [5, 5.41) is 0. The molecule has 0 aliphatic carbocycles. The monoisotopic (exact) mass is 295 g/mol. The Hall–Kier alpha value is -1.56. The van der Waals surface area contributed by atoms with E-state index in [0.717, 1.165) is 15.9 Å². The van der Waals surface area contributed by atoms with Gasteiger partial charge < -0.3 is 11.6 Å². The van der Waals surface area contributed by atoms with Crippen molar-refractivity contribution in [2.24, 2.45) is 0 Å². The van der Waals surface area contributed by atoms with Gasteiger partial charge >= 0.3 is 0 Å². The molecule has 6 heteroatoms. The van der Waals surface area contributed by atoms with Crippen LogP contribution in [0.1, 0.15) is 25.6 Å². The molecule has 0 aliphatic rings. The second-order valence-electron chi connectivity index (χ2n) is 4.12. The number of nitrogens with two attached hydrogens (primary N) is 2. The highest BCUT2D eigenvalue weighted by Crippen LogP contribution is 2.28. The molecule has 0 saturated carbocycles. The maximum atomic E-state index is 5.96. The van der Waals surface area contributed by atoms with E-state index in [9.17, 15) is 0 Å². The molecule has 2 aromatic heterocycles.